The van der Waals surface area contributed by atoms with E-state index >= 15 is 0 Å². The van der Waals surface area contributed by atoms with E-state index in [1.165, 1.54) is 33.7 Å². The Morgan fingerprint density at radius 1 is 0.655 bits per heavy atom. The molecule has 1 aliphatic heterocycles. The van der Waals surface area contributed by atoms with Crippen LogP contribution in [0.1, 0.15) is 25.0 Å². The normalized spacial score (nSPS) is 14.9. The highest BCUT2D eigenvalue weighted by atomic mass is 35.7. The van der Waals surface area contributed by atoms with Crippen molar-refractivity contribution in [3.63, 3.8) is 0 Å². The molecular formula is C23H22ClNO4. The largest absolute Gasteiger partial charge is 0.222 e. The Morgan fingerprint density at radius 2 is 1.10 bits per heavy atom. The molecule has 29 heavy (non-hydrogen) atoms. The van der Waals surface area contributed by atoms with Crippen molar-refractivity contribution in [2.24, 2.45) is 0 Å². The molecule has 150 valence electrons. The van der Waals surface area contributed by atoms with Crippen molar-refractivity contribution < 1.29 is 33.5 Å². The highest BCUT2D eigenvalue weighted by Gasteiger charge is 2.44. The predicted molar refractivity (Wildman–Crippen MR) is 101 cm³/mol. The SMILES string of the molecule is C[N+]1=C(c2ccc(-c3ccccc3)cc2)C(C)(C)c2ccccc21.[O-][Cl+3]([O-])([O-])[O-]. The molecule has 0 amide bonds. The van der Waals surface area contributed by atoms with Gasteiger partial charge in [0.25, 0.3) is 0 Å². The van der Waals surface area contributed by atoms with Gasteiger partial charge in [0.2, 0.25) is 5.69 Å². The van der Waals surface area contributed by atoms with Crippen LogP contribution in [0.3, 0.4) is 0 Å². The Hall–Kier alpha value is -2.54. The van der Waals surface area contributed by atoms with E-state index in [1.807, 2.05) is 0 Å². The van der Waals surface area contributed by atoms with Gasteiger partial charge in [-0.15, -0.1) is 10.2 Å². The molecule has 4 rings (SSSR count). The average molecular weight is 412 g/mol. The molecule has 1 aliphatic rings. The Bertz CT molecular complexity index is 1020. The molecule has 0 saturated carbocycles. The van der Waals surface area contributed by atoms with Crippen molar-refractivity contribution in [2.45, 2.75) is 19.3 Å². The van der Waals surface area contributed by atoms with Crippen LogP contribution in [0, 0.1) is 10.2 Å². The van der Waals surface area contributed by atoms with Gasteiger partial charge < -0.3 is 0 Å². The molecule has 0 spiro atoms. The highest BCUT2D eigenvalue weighted by Crippen LogP contribution is 2.40. The van der Waals surface area contributed by atoms with Gasteiger partial charge in [-0.05, 0) is 37.1 Å². The molecule has 0 bridgehead atoms. The molecule has 0 aromatic heterocycles. The minimum atomic E-state index is -4.94. The molecule has 5 nitrogen and oxygen atoms in total. The summed E-state index contributed by atoms with van der Waals surface area (Å²) < 4.78 is 36.3. The molecular weight excluding hydrogens is 390 g/mol. The van der Waals surface area contributed by atoms with Gasteiger partial charge in [-0.2, -0.15) is 4.58 Å². The van der Waals surface area contributed by atoms with Crippen LogP contribution in [0.15, 0.2) is 78.9 Å². The first-order valence-corrected chi connectivity index (χ1v) is 10.3. The fourth-order valence-corrected chi connectivity index (χ4v) is 3.97. The Balaban J connectivity index is 0.000000431. The molecule has 0 atom stereocenters. The molecule has 0 radical (unpaired) electrons. The third kappa shape index (κ3) is 4.72. The minimum absolute atomic E-state index is 0.0135. The van der Waals surface area contributed by atoms with E-state index in [0.29, 0.717) is 0 Å². The number of rotatable bonds is 2. The number of fused-ring (bicyclic) bond motifs is 1. The van der Waals surface area contributed by atoms with Crippen molar-refractivity contribution in [1.82, 2.24) is 0 Å². The summed E-state index contributed by atoms with van der Waals surface area (Å²) in [5.41, 5.74) is 7.90. The van der Waals surface area contributed by atoms with Gasteiger partial charge in [-0.1, -0.05) is 60.7 Å². The summed E-state index contributed by atoms with van der Waals surface area (Å²) in [6.07, 6.45) is 0. The smallest absolute Gasteiger partial charge is 0.209 e. The maximum absolute atomic E-state index is 8.49. The lowest BCUT2D eigenvalue weighted by molar-refractivity contribution is -2.00. The van der Waals surface area contributed by atoms with E-state index in [9.17, 15) is 0 Å². The summed E-state index contributed by atoms with van der Waals surface area (Å²) in [5, 5.41) is 0. The van der Waals surface area contributed by atoms with Gasteiger partial charge in [-0.25, -0.2) is 18.6 Å². The molecule has 0 aliphatic carbocycles. The van der Waals surface area contributed by atoms with Crippen molar-refractivity contribution in [3.8, 4) is 11.1 Å². The third-order valence-corrected chi connectivity index (χ3v) is 5.13. The summed E-state index contributed by atoms with van der Waals surface area (Å²) in [5.74, 6) is 0. The van der Waals surface area contributed by atoms with Crippen LogP contribution in [-0.4, -0.2) is 17.3 Å². The molecule has 0 N–H and O–H groups in total. The quantitative estimate of drug-likeness (QED) is 0.578. The fourth-order valence-electron chi connectivity index (χ4n) is 3.97. The number of hydrogen-bond donors (Lipinski definition) is 0. The van der Waals surface area contributed by atoms with Crippen molar-refractivity contribution >= 4 is 11.4 Å². The molecule has 0 fully saturated rings. The molecule has 1 heterocycles. The van der Waals surface area contributed by atoms with Crippen molar-refractivity contribution in [2.75, 3.05) is 7.05 Å². The summed E-state index contributed by atoms with van der Waals surface area (Å²) in [6.45, 7) is 4.63. The summed E-state index contributed by atoms with van der Waals surface area (Å²) >= 11 is 0. The summed E-state index contributed by atoms with van der Waals surface area (Å²) in [4.78, 5) is 0. The zero-order valence-electron chi connectivity index (χ0n) is 16.5. The van der Waals surface area contributed by atoms with Crippen LogP contribution in [0.5, 0.6) is 0 Å². The highest BCUT2D eigenvalue weighted by molar-refractivity contribution is 6.07. The van der Waals surface area contributed by atoms with Crippen LogP contribution >= 0.6 is 0 Å². The van der Waals surface area contributed by atoms with Crippen LogP contribution in [0.2, 0.25) is 0 Å². The topological polar surface area (TPSA) is 95.2 Å². The van der Waals surface area contributed by atoms with E-state index in [2.05, 4.69) is 104 Å². The van der Waals surface area contributed by atoms with Gasteiger partial charge in [-0.3, -0.25) is 0 Å². The van der Waals surface area contributed by atoms with E-state index < -0.39 is 10.2 Å². The number of benzene rings is 3. The van der Waals surface area contributed by atoms with Crippen LogP contribution in [0.25, 0.3) is 11.1 Å². The van der Waals surface area contributed by atoms with Crippen molar-refractivity contribution in [1.29, 1.82) is 0 Å². The molecule has 3 aromatic rings. The van der Waals surface area contributed by atoms with Crippen molar-refractivity contribution in [3.05, 3.63) is 90.0 Å². The Morgan fingerprint density at radius 3 is 1.66 bits per heavy atom. The monoisotopic (exact) mass is 411 g/mol. The standard InChI is InChI=1S/C23H22N.ClHO4/c1-23(2)20-11-7-8-12-21(20)24(3)22(23)19-15-13-18(14-16-19)17-9-5-4-6-10-17;2-1(3,4)5/h4-16H,1-3H3;(H,2,3,4,5)/q+1;/p-1. The van der Waals surface area contributed by atoms with Gasteiger partial charge >= 0.3 is 0 Å². The Kier molecular flexibility index (Phi) is 5.89. The first-order chi connectivity index (χ1) is 13.6. The molecule has 3 aromatic carbocycles. The van der Waals surface area contributed by atoms with E-state index in [4.69, 9.17) is 18.6 Å². The first kappa shape index (κ1) is 21.2. The van der Waals surface area contributed by atoms with Crippen LogP contribution in [0.4, 0.5) is 5.69 Å². The minimum Gasteiger partial charge on any atom is -0.222 e. The number of para-hydroxylation sites is 1. The van der Waals surface area contributed by atoms with Gasteiger partial charge in [0, 0.05) is 17.2 Å². The lowest BCUT2D eigenvalue weighted by Gasteiger charge is -2.17. The predicted octanol–water partition coefficient (Wildman–Crippen LogP) is 0.652. The fraction of sp³-hybridized carbons (Fsp3) is 0.174. The molecule has 6 heteroatoms. The van der Waals surface area contributed by atoms with Gasteiger partial charge in [0.05, 0.1) is 5.41 Å². The zero-order valence-corrected chi connectivity index (χ0v) is 17.2. The summed E-state index contributed by atoms with van der Waals surface area (Å²) in [6, 6.07) is 28.2. The van der Waals surface area contributed by atoms with Crippen LogP contribution < -0.4 is 18.6 Å². The lowest BCUT2D eigenvalue weighted by Crippen LogP contribution is -2.68. The second-order valence-electron chi connectivity index (χ2n) is 7.37. The zero-order chi connectivity index (χ0) is 21.2. The second kappa shape index (κ2) is 8.06. The number of nitrogens with zero attached hydrogens (tertiary/aromatic N) is 1. The Labute approximate surface area is 172 Å². The maximum Gasteiger partial charge on any atom is 0.209 e. The first-order valence-electron chi connectivity index (χ1n) is 9.07. The van der Waals surface area contributed by atoms with E-state index in [1.54, 1.807) is 0 Å². The average Bonchev–Trinajstić information content (AvgIpc) is 2.88. The number of halogens is 1. The van der Waals surface area contributed by atoms with E-state index in [0.717, 1.165) is 0 Å². The van der Waals surface area contributed by atoms with Gasteiger partial charge in [0.1, 0.15) is 7.05 Å². The third-order valence-electron chi connectivity index (χ3n) is 5.13. The summed E-state index contributed by atoms with van der Waals surface area (Å²) in [7, 11) is -2.77. The maximum atomic E-state index is 8.49. The second-order valence-corrected chi connectivity index (χ2v) is 8.13. The number of hydrogen-bond acceptors (Lipinski definition) is 4. The van der Waals surface area contributed by atoms with Crippen LogP contribution in [-0.2, 0) is 5.41 Å². The van der Waals surface area contributed by atoms with E-state index in [-0.39, 0.29) is 5.41 Å². The lowest BCUT2D eigenvalue weighted by atomic mass is 9.79. The van der Waals surface area contributed by atoms with Gasteiger partial charge in [0.15, 0.2) is 5.71 Å². The molecule has 0 unspecified atom stereocenters. The molecule has 0 saturated heterocycles.